The number of allylic oxidation sites excluding steroid dienone is 2. The number of rotatable bonds is 7. The van der Waals surface area contributed by atoms with E-state index in [1.165, 1.54) is 0 Å². The summed E-state index contributed by atoms with van der Waals surface area (Å²) >= 11 is 0. The summed E-state index contributed by atoms with van der Waals surface area (Å²) in [5, 5.41) is 11.5. The number of imidazole rings is 1. The predicted octanol–water partition coefficient (Wildman–Crippen LogP) is 4.45. The van der Waals surface area contributed by atoms with Gasteiger partial charge < -0.3 is 0 Å². The third-order valence-electron chi connectivity index (χ3n) is 5.76. The van der Waals surface area contributed by atoms with Gasteiger partial charge in [-0.05, 0) is 46.7 Å². The number of hydrogen-bond donors (Lipinski definition) is 0. The van der Waals surface area contributed by atoms with Crippen molar-refractivity contribution in [1.29, 1.82) is 0 Å². The Morgan fingerprint density at radius 3 is 2.41 bits per heavy atom. The van der Waals surface area contributed by atoms with Crippen LogP contribution < -0.4 is 5.69 Å². The summed E-state index contributed by atoms with van der Waals surface area (Å²) in [7, 11) is 0. The van der Waals surface area contributed by atoms with Crippen LogP contribution in [0.5, 0.6) is 0 Å². The molecule has 2 heterocycles. The van der Waals surface area contributed by atoms with Gasteiger partial charge in [0.2, 0.25) is 0 Å². The highest BCUT2D eigenvalue weighted by Crippen LogP contribution is 2.26. The van der Waals surface area contributed by atoms with Gasteiger partial charge in [-0.25, -0.2) is 4.79 Å². The molecule has 0 unspecified atom stereocenters. The van der Waals surface area contributed by atoms with Crippen molar-refractivity contribution in [2.45, 2.75) is 19.9 Å². The van der Waals surface area contributed by atoms with Crippen molar-refractivity contribution in [2.24, 2.45) is 0 Å². The molecule has 0 radical (unpaired) electrons. The maximum absolute atomic E-state index is 13.3. The second-order valence-electron chi connectivity index (χ2n) is 7.94. The van der Waals surface area contributed by atoms with Crippen LogP contribution in [-0.4, -0.2) is 29.3 Å². The van der Waals surface area contributed by atoms with E-state index in [1.54, 1.807) is 15.6 Å². The lowest BCUT2D eigenvalue weighted by molar-refractivity contribution is 0.714. The maximum Gasteiger partial charge on any atom is 0.333 e. The molecule has 0 saturated heterocycles. The van der Waals surface area contributed by atoms with Crippen LogP contribution in [0.15, 0.2) is 108 Å². The first-order valence-corrected chi connectivity index (χ1v) is 11.1. The number of tetrazole rings is 1. The summed E-state index contributed by atoms with van der Waals surface area (Å²) in [6.07, 6.45) is 8.30. The molecule has 5 aromatic rings. The molecule has 0 fully saturated rings. The normalized spacial score (nSPS) is 11.3. The first-order chi connectivity index (χ1) is 16.7. The summed E-state index contributed by atoms with van der Waals surface area (Å²) in [6.45, 7) is 2.49. The van der Waals surface area contributed by atoms with Crippen LogP contribution >= 0.6 is 0 Å². The number of benzene rings is 3. The molecule has 3 aromatic carbocycles. The van der Waals surface area contributed by atoms with Crippen molar-refractivity contribution < 1.29 is 0 Å². The standard InChI is InChI=1S/C27H24N6O/c1-2-3-9-24-19-32(23-10-5-4-6-11-23)27(34)31(24)18-21-14-16-22(17-15-21)25-12-7-8-13-26(25)33-20-28-29-30-33/h2-8,10-17,19-20H,9,18H2,1H3. The van der Waals surface area contributed by atoms with Crippen LogP contribution in [0.2, 0.25) is 0 Å². The highest BCUT2D eigenvalue weighted by Gasteiger charge is 2.13. The third kappa shape index (κ3) is 4.23. The van der Waals surface area contributed by atoms with E-state index in [0.717, 1.165) is 33.8 Å². The zero-order valence-corrected chi connectivity index (χ0v) is 18.8. The number of nitrogens with zero attached hydrogens (tertiary/aromatic N) is 6. The molecule has 5 rings (SSSR count). The Morgan fingerprint density at radius 2 is 1.68 bits per heavy atom. The lowest BCUT2D eigenvalue weighted by atomic mass is 10.0. The Balaban J connectivity index is 1.47. The number of hydrogen-bond acceptors (Lipinski definition) is 4. The van der Waals surface area contributed by atoms with Crippen LogP contribution in [0, 0.1) is 0 Å². The predicted molar refractivity (Wildman–Crippen MR) is 132 cm³/mol. The summed E-state index contributed by atoms with van der Waals surface area (Å²) in [5.41, 5.74) is 5.84. The minimum atomic E-state index is -0.0428. The molecule has 0 amide bonds. The van der Waals surface area contributed by atoms with Crippen LogP contribution in [0.4, 0.5) is 0 Å². The van der Waals surface area contributed by atoms with Gasteiger partial charge in [-0.2, -0.15) is 4.68 Å². The molecule has 7 heteroatoms. The van der Waals surface area contributed by atoms with Crippen molar-refractivity contribution in [3.63, 3.8) is 0 Å². The van der Waals surface area contributed by atoms with Crippen molar-refractivity contribution in [3.8, 4) is 22.5 Å². The Morgan fingerprint density at radius 1 is 0.912 bits per heavy atom. The molecule has 0 atom stereocenters. The van der Waals surface area contributed by atoms with Crippen LogP contribution in [0.25, 0.3) is 22.5 Å². The second kappa shape index (κ2) is 9.54. The highest BCUT2D eigenvalue weighted by atomic mass is 16.1. The summed E-state index contributed by atoms with van der Waals surface area (Å²) in [6, 6.07) is 26.0. The Kier molecular flexibility index (Phi) is 5.99. The van der Waals surface area contributed by atoms with Crippen molar-refractivity contribution >= 4 is 0 Å². The Labute approximate surface area is 197 Å². The summed E-state index contributed by atoms with van der Waals surface area (Å²) in [5.74, 6) is 0. The van der Waals surface area contributed by atoms with E-state index in [2.05, 4.69) is 45.9 Å². The van der Waals surface area contributed by atoms with Crippen LogP contribution in [-0.2, 0) is 13.0 Å². The first-order valence-electron chi connectivity index (χ1n) is 11.1. The first kappa shape index (κ1) is 21.3. The van der Waals surface area contributed by atoms with Gasteiger partial charge in [-0.3, -0.25) is 9.13 Å². The lowest BCUT2D eigenvalue weighted by Gasteiger charge is -2.10. The average molecular weight is 449 g/mol. The molecule has 0 saturated carbocycles. The molecule has 34 heavy (non-hydrogen) atoms. The van der Waals surface area contributed by atoms with Crippen molar-refractivity contribution in [2.75, 3.05) is 0 Å². The van der Waals surface area contributed by atoms with Gasteiger partial charge in [0, 0.05) is 23.9 Å². The molecular formula is C27H24N6O. The van der Waals surface area contributed by atoms with E-state index in [4.69, 9.17) is 0 Å². The zero-order valence-electron chi connectivity index (χ0n) is 18.8. The van der Waals surface area contributed by atoms with Gasteiger partial charge >= 0.3 is 5.69 Å². The topological polar surface area (TPSA) is 70.5 Å². The molecule has 0 aliphatic carbocycles. The number of para-hydroxylation sites is 2. The smallest absolute Gasteiger partial charge is 0.291 e. The fourth-order valence-corrected chi connectivity index (χ4v) is 4.03. The van der Waals surface area contributed by atoms with E-state index in [0.29, 0.717) is 13.0 Å². The molecule has 2 aromatic heterocycles. The van der Waals surface area contributed by atoms with Crippen molar-refractivity contribution in [1.82, 2.24) is 29.3 Å². The minimum absolute atomic E-state index is 0.0428. The minimum Gasteiger partial charge on any atom is -0.291 e. The van der Waals surface area contributed by atoms with Gasteiger partial charge in [0.15, 0.2) is 0 Å². The average Bonchev–Trinajstić information content (AvgIpc) is 3.53. The fourth-order valence-electron chi connectivity index (χ4n) is 4.03. The molecule has 0 N–H and O–H groups in total. The monoisotopic (exact) mass is 448 g/mol. The van der Waals surface area contributed by atoms with Gasteiger partial charge in [0.05, 0.1) is 17.9 Å². The van der Waals surface area contributed by atoms with Gasteiger partial charge in [0.1, 0.15) is 6.33 Å². The molecular weight excluding hydrogens is 424 g/mol. The van der Waals surface area contributed by atoms with Gasteiger partial charge in [0.25, 0.3) is 0 Å². The van der Waals surface area contributed by atoms with Gasteiger partial charge in [-0.15, -0.1) is 5.10 Å². The second-order valence-corrected chi connectivity index (χ2v) is 7.94. The van der Waals surface area contributed by atoms with E-state index in [1.807, 2.05) is 78.4 Å². The van der Waals surface area contributed by atoms with E-state index in [9.17, 15) is 4.79 Å². The van der Waals surface area contributed by atoms with E-state index >= 15 is 0 Å². The SMILES string of the molecule is CC=CCc1cn(-c2ccccc2)c(=O)n1Cc1ccc(-c2ccccc2-n2cnnn2)cc1. The molecule has 0 aliphatic rings. The quantitative estimate of drug-likeness (QED) is 0.345. The zero-order chi connectivity index (χ0) is 23.3. The fraction of sp³-hybridized carbons (Fsp3) is 0.111. The largest absolute Gasteiger partial charge is 0.333 e. The molecule has 168 valence electrons. The molecule has 7 nitrogen and oxygen atoms in total. The van der Waals surface area contributed by atoms with E-state index in [-0.39, 0.29) is 5.69 Å². The Hall–Kier alpha value is -4.52. The summed E-state index contributed by atoms with van der Waals surface area (Å²) in [4.78, 5) is 13.3. The van der Waals surface area contributed by atoms with Gasteiger partial charge in [-0.1, -0.05) is 72.8 Å². The van der Waals surface area contributed by atoms with Crippen LogP contribution in [0.1, 0.15) is 18.2 Å². The molecule has 0 aliphatic heterocycles. The maximum atomic E-state index is 13.3. The lowest BCUT2D eigenvalue weighted by Crippen LogP contribution is -2.24. The molecule has 0 spiro atoms. The molecule has 0 bridgehead atoms. The number of aromatic nitrogens is 6. The van der Waals surface area contributed by atoms with Crippen LogP contribution in [0.3, 0.4) is 0 Å². The third-order valence-corrected chi connectivity index (χ3v) is 5.76. The van der Waals surface area contributed by atoms with E-state index < -0.39 is 0 Å². The van der Waals surface area contributed by atoms with Crippen molar-refractivity contribution in [3.05, 3.63) is 125 Å². The Bertz CT molecular complexity index is 1460. The summed E-state index contributed by atoms with van der Waals surface area (Å²) < 4.78 is 5.22. The highest BCUT2D eigenvalue weighted by molar-refractivity contribution is 5.72.